The number of aliphatic hydroxyl groups excluding tert-OH is 1. The van der Waals surface area contributed by atoms with Gasteiger partial charge in [-0.15, -0.1) is 0 Å². The van der Waals surface area contributed by atoms with Crippen molar-refractivity contribution in [1.29, 1.82) is 0 Å². The number of morpholine rings is 2. The number of halogens is 1. The van der Waals surface area contributed by atoms with Gasteiger partial charge in [0, 0.05) is 57.9 Å². The van der Waals surface area contributed by atoms with Crippen molar-refractivity contribution < 1.29 is 28.5 Å². The molecule has 1 N–H and O–H groups in total. The zero-order chi connectivity index (χ0) is 25.2. The lowest BCUT2D eigenvalue weighted by atomic mass is 10.1. The van der Waals surface area contributed by atoms with E-state index in [0.29, 0.717) is 58.1 Å². The van der Waals surface area contributed by atoms with Gasteiger partial charge in [-0.1, -0.05) is 24.3 Å². The highest BCUT2D eigenvalue weighted by Gasteiger charge is 2.27. The fraction of sp³-hybridized carbons (Fsp3) is 0.519. The van der Waals surface area contributed by atoms with Crippen molar-refractivity contribution in [3.8, 4) is 5.75 Å². The molecule has 2 aliphatic rings. The molecule has 2 heterocycles. The zero-order valence-corrected chi connectivity index (χ0v) is 20.6. The molecule has 0 aliphatic carbocycles. The summed E-state index contributed by atoms with van der Waals surface area (Å²) in [5, 5.41) is 10.5. The molecule has 36 heavy (non-hydrogen) atoms. The molecule has 4 rings (SSSR count). The average Bonchev–Trinajstić information content (AvgIpc) is 2.91. The molecule has 2 aliphatic heterocycles. The third-order valence-electron chi connectivity index (χ3n) is 6.45. The van der Waals surface area contributed by atoms with Crippen molar-refractivity contribution in [3.05, 3.63) is 66.0 Å². The molecule has 2 aromatic rings. The highest BCUT2D eigenvalue weighted by molar-refractivity contribution is 5.94. The number of rotatable bonds is 11. The van der Waals surface area contributed by atoms with Gasteiger partial charge < -0.3 is 24.2 Å². The predicted molar refractivity (Wildman–Crippen MR) is 134 cm³/mol. The van der Waals surface area contributed by atoms with Gasteiger partial charge in [-0.05, 0) is 30.3 Å². The fourth-order valence-electron chi connectivity index (χ4n) is 4.53. The van der Waals surface area contributed by atoms with Crippen LogP contribution in [0.2, 0.25) is 0 Å². The normalized spacial score (nSPS) is 20.1. The molecular weight excluding hydrogens is 465 g/mol. The van der Waals surface area contributed by atoms with Gasteiger partial charge in [0.2, 0.25) is 0 Å². The highest BCUT2D eigenvalue weighted by atomic mass is 19.1. The molecule has 196 valence electrons. The summed E-state index contributed by atoms with van der Waals surface area (Å²) in [4.78, 5) is 19.5. The molecule has 2 aromatic carbocycles. The SMILES string of the molecule is O=C(c1cccc(F)c1)N(CCN1CCOCC1)CC1CN(CC(O)COc2ccccc2)CCO1. The second-order valence-electron chi connectivity index (χ2n) is 9.25. The topological polar surface area (TPSA) is 74.7 Å². The number of amides is 1. The van der Waals surface area contributed by atoms with E-state index in [1.165, 1.54) is 12.1 Å². The molecule has 2 saturated heterocycles. The number of β-amino-alcohol motifs (C(OH)–C–C–N with tert-alkyl or cyclic N) is 1. The van der Waals surface area contributed by atoms with E-state index in [4.69, 9.17) is 14.2 Å². The number of benzene rings is 2. The lowest BCUT2D eigenvalue weighted by Gasteiger charge is -2.37. The summed E-state index contributed by atoms with van der Waals surface area (Å²) in [6.07, 6.45) is -0.849. The molecule has 1 amide bonds. The van der Waals surface area contributed by atoms with E-state index >= 15 is 0 Å². The molecule has 0 saturated carbocycles. The first-order valence-corrected chi connectivity index (χ1v) is 12.6. The summed E-state index contributed by atoms with van der Waals surface area (Å²) >= 11 is 0. The smallest absolute Gasteiger partial charge is 0.254 e. The van der Waals surface area contributed by atoms with E-state index in [1.54, 1.807) is 17.0 Å². The molecule has 8 nitrogen and oxygen atoms in total. The maximum Gasteiger partial charge on any atom is 0.254 e. The van der Waals surface area contributed by atoms with Crippen molar-refractivity contribution >= 4 is 5.91 Å². The molecule has 2 fully saturated rings. The molecule has 0 aromatic heterocycles. The largest absolute Gasteiger partial charge is 0.491 e. The zero-order valence-electron chi connectivity index (χ0n) is 20.6. The first kappa shape index (κ1) is 26.5. The van der Waals surface area contributed by atoms with Crippen molar-refractivity contribution in [3.63, 3.8) is 0 Å². The Balaban J connectivity index is 1.32. The molecule has 0 spiro atoms. The summed E-state index contributed by atoms with van der Waals surface area (Å²) in [7, 11) is 0. The Hall–Kier alpha value is -2.56. The number of para-hydroxylation sites is 1. The lowest BCUT2D eigenvalue weighted by molar-refractivity contribution is -0.0545. The number of ether oxygens (including phenoxy) is 3. The predicted octanol–water partition coefficient (Wildman–Crippen LogP) is 1.74. The van der Waals surface area contributed by atoms with Crippen LogP contribution in [0.3, 0.4) is 0 Å². The quantitative estimate of drug-likeness (QED) is 0.503. The number of hydrogen-bond acceptors (Lipinski definition) is 7. The maximum absolute atomic E-state index is 13.8. The summed E-state index contributed by atoms with van der Waals surface area (Å²) < 4.78 is 30.9. The minimum atomic E-state index is -0.643. The average molecular weight is 502 g/mol. The van der Waals surface area contributed by atoms with Crippen LogP contribution in [0.5, 0.6) is 5.75 Å². The van der Waals surface area contributed by atoms with Crippen LogP contribution in [-0.2, 0) is 9.47 Å². The van der Waals surface area contributed by atoms with Crippen molar-refractivity contribution in [1.82, 2.24) is 14.7 Å². The van der Waals surface area contributed by atoms with Crippen LogP contribution < -0.4 is 4.74 Å². The van der Waals surface area contributed by atoms with E-state index in [-0.39, 0.29) is 18.6 Å². The van der Waals surface area contributed by atoms with Gasteiger partial charge in [-0.2, -0.15) is 0 Å². The van der Waals surface area contributed by atoms with Gasteiger partial charge in [0.05, 0.1) is 25.9 Å². The van der Waals surface area contributed by atoms with Crippen LogP contribution in [0.4, 0.5) is 4.39 Å². The van der Waals surface area contributed by atoms with Crippen LogP contribution in [0.25, 0.3) is 0 Å². The van der Waals surface area contributed by atoms with E-state index in [9.17, 15) is 14.3 Å². The monoisotopic (exact) mass is 501 g/mol. The second kappa shape index (κ2) is 13.7. The van der Waals surface area contributed by atoms with Gasteiger partial charge in [0.1, 0.15) is 24.3 Å². The van der Waals surface area contributed by atoms with Crippen molar-refractivity contribution in [2.75, 3.05) is 78.8 Å². The highest BCUT2D eigenvalue weighted by Crippen LogP contribution is 2.14. The molecule has 2 atom stereocenters. The summed E-state index contributed by atoms with van der Waals surface area (Å²) in [5.74, 6) is 0.0868. The Morgan fingerprint density at radius 2 is 1.86 bits per heavy atom. The fourth-order valence-corrected chi connectivity index (χ4v) is 4.53. The van der Waals surface area contributed by atoms with Crippen LogP contribution in [0, 0.1) is 5.82 Å². The molecule has 0 radical (unpaired) electrons. The maximum atomic E-state index is 13.8. The Labute approximate surface area is 212 Å². The van der Waals surface area contributed by atoms with Crippen molar-refractivity contribution in [2.45, 2.75) is 12.2 Å². The third kappa shape index (κ3) is 8.25. The Kier molecular flexibility index (Phi) is 10.1. The van der Waals surface area contributed by atoms with Gasteiger partial charge in [-0.3, -0.25) is 14.6 Å². The van der Waals surface area contributed by atoms with Gasteiger partial charge in [0.15, 0.2) is 0 Å². The molecular formula is C27H36FN3O5. The number of hydrogen-bond donors (Lipinski definition) is 1. The Morgan fingerprint density at radius 1 is 1.08 bits per heavy atom. The second-order valence-corrected chi connectivity index (χ2v) is 9.25. The number of carbonyl (C=O) groups excluding carboxylic acids is 1. The van der Waals surface area contributed by atoms with Crippen LogP contribution in [0.15, 0.2) is 54.6 Å². The van der Waals surface area contributed by atoms with Gasteiger partial charge >= 0.3 is 0 Å². The minimum absolute atomic E-state index is 0.204. The van der Waals surface area contributed by atoms with E-state index < -0.39 is 11.9 Å². The third-order valence-corrected chi connectivity index (χ3v) is 6.45. The summed E-state index contributed by atoms with van der Waals surface area (Å²) in [6.45, 7) is 7.14. The Bertz CT molecular complexity index is 944. The first-order chi connectivity index (χ1) is 17.6. The van der Waals surface area contributed by atoms with E-state index in [2.05, 4.69) is 9.80 Å². The van der Waals surface area contributed by atoms with Gasteiger partial charge in [-0.25, -0.2) is 4.39 Å². The minimum Gasteiger partial charge on any atom is -0.491 e. The molecule has 9 heteroatoms. The Morgan fingerprint density at radius 3 is 2.64 bits per heavy atom. The molecule has 0 bridgehead atoms. The first-order valence-electron chi connectivity index (χ1n) is 12.6. The van der Waals surface area contributed by atoms with Crippen LogP contribution in [-0.4, -0.2) is 117 Å². The summed E-state index contributed by atoms with van der Waals surface area (Å²) in [5.41, 5.74) is 0.332. The van der Waals surface area contributed by atoms with Crippen LogP contribution >= 0.6 is 0 Å². The van der Waals surface area contributed by atoms with Crippen molar-refractivity contribution in [2.24, 2.45) is 0 Å². The lowest BCUT2D eigenvalue weighted by Crippen LogP contribution is -2.52. The number of carbonyl (C=O) groups is 1. The van der Waals surface area contributed by atoms with Crippen LogP contribution in [0.1, 0.15) is 10.4 Å². The standard InChI is InChI=1S/C27H36FN3O5/c28-23-6-4-5-22(17-23)27(33)31(10-9-29-11-14-34-15-12-29)20-26-19-30(13-16-35-26)18-24(32)21-36-25-7-2-1-3-8-25/h1-8,17,24,26,32H,9-16,18-21H2. The van der Waals surface area contributed by atoms with E-state index in [1.807, 2.05) is 30.3 Å². The molecule has 2 unspecified atom stereocenters. The van der Waals surface area contributed by atoms with Gasteiger partial charge in [0.25, 0.3) is 5.91 Å². The van der Waals surface area contributed by atoms with E-state index in [0.717, 1.165) is 25.4 Å². The number of nitrogens with zero attached hydrogens (tertiary/aromatic N) is 3. The summed E-state index contributed by atoms with van der Waals surface area (Å²) in [6, 6.07) is 15.2. The number of aliphatic hydroxyl groups is 1.